The van der Waals surface area contributed by atoms with Crippen molar-refractivity contribution in [3.63, 3.8) is 0 Å². The molecule has 0 aromatic heterocycles. The summed E-state index contributed by atoms with van der Waals surface area (Å²) in [5, 5.41) is 12.8. The summed E-state index contributed by atoms with van der Waals surface area (Å²) in [5.74, 6) is 1.18. The van der Waals surface area contributed by atoms with Crippen molar-refractivity contribution in [1.29, 1.82) is 0 Å². The smallest absolute Gasteiger partial charge is 0.301 e. The highest BCUT2D eigenvalue weighted by atomic mass is 32.2. The van der Waals surface area contributed by atoms with Crippen molar-refractivity contribution >= 4 is 21.6 Å². The van der Waals surface area contributed by atoms with Crippen molar-refractivity contribution in [3.8, 4) is 11.5 Å². The van der Waals surface area contributed by atoms with Crippen LogP contribution in [-0.4, -0.2) is 44.5 Å². The molecule has 2 aromatic rings. The van der Waals surface area contributed by atoms with Gasteiger partial charge in [-0.3, -0.25) is 4.72 Å². The van der Waals surface area contributed by atoms with Gasteiger partial charge in [0, 0.05) is 25.2 Å². The Balaban J connectivity index is 1.93. The summed E-state index contributed by atoms with van der Waals surface area (Å²) in [4.78, 5) is 0. The van der Waals surface area contributed by atoms with Gasteiger partial charge in [0.25, 0.3) is 0 Å². The van der Waals surface area contributed by atoms with Gasteiger partial charge in [-0.1, -0.05) is 17.3 Å². The van der Waals surface area contributed by atoms with E-state index < -0.39 is 10.2 Å². The van der Waals surface area contributed by atoms with Crippen molar-refractivity contribution in [1.82, 2.24) is 4.31 Å². The third-order valence-corrected chi connectivity index (χ3v) is 5.06. The number of rotatable bonds is 5. The molecule has 9 heteroatoms. The number of hydrogen-bond acceptors (Lipinski definition) is 6. The summed E-state index contributed by atoms with van der Waals surface area (Å²) in [5.41, 5.74) is 1.79. The zero-order valence-electron chi connectivity index (χ0n) is 13.6. The maximum Gasteiger partial charge on any atom is 0.301 e. The Bertz CT molecular complexity index is 925. The van der Waals surface area contributed by atoms with Crippen molar-refractivity contribution in [3.05, 3.63) is 53.6 Å². The highest BCUT2D eigenvalue weighted by Gasteiger charge is 2.18. The average Bonchev–Trinajstić information content (AvgIpc) is 3.03. The lowest BCUT2D eigenvalue weighted by Crippen LogP contribution is -2.29. The largest absolute Gasteiger partial charge is 0.454 e. The fraction of sp³-hybridized carbons (Fsp3) is 0.188. The predicted molar refractivity (Wildman–Crippen MR) is 92.7 cm³/mol. The van der Waals surface area contributed by atoms with Crippen LogP contribution in [0.25, 0.3) is 0 Å². The number of nitrogens with zero attached hydrogens (tertiary/aromatic N) is 2. The molecular weight excluding hydrogens is 346 g/mol. The second kappa shape index (κ2) is 6.61. The SMILES string of the molecule is CN(C)S(=O)(=O)Nc1cccc(/C(=N/O)c2ccc3c(c2)OCO3)c1. The fourth-order valence-electron chi connectivity index (χ4n) is 2.30. The van der Waals surface area contributed by atoms with E-state index in [1.165, 1.54) is 14.1 Å². The molecule has 1 aliphatic heterocycles. The molecule has 0 bridgehead atoms. The second-order valence-corrected chi connectivity index (χ2v) is 7.37. The second-order valence-electron chi connectivity index (χ2n) is 5.49. The fourth-order valence-corrected chi connectivity index (χ4v) is 2.90. The first-order valence-electron chi connectivity index (χ1n) is 7.33. The molecule has 8 nitrogen and oxygen atoms in total. The maximum absolute atomic E-state index is 12.0. The van der Waals surface area contributed by atoms with Gasteiger partial charge in [-0.25, -0.2) is 0 Å². The van der Waals surface area contributed by atoms with Gasteiger partial charge in [0.05, 0.1) is 5.69 Å². The molecule has 1 aliphatic rings. The van der Waals surface area contributed by atoms with Gasteiger partial charge in [0.2, 0.25) is 6.79 Å². The number of hydrogen-bond donors (Lipinski definition) is 2. The molecule has 25 heavy (non-hydrogen) atoms. The van der Waals surface area contributed by atoms with E-state index in [0.29, 0.717) is 28.3 Å². The number of nitrogens with one attached hydrogen (secondary N) is 1. The van der Waals surface area contributed by atoms with Crippen LogP contribution in [-0.2, 0) is 10.2 Å². The highest BCUT2D eigenvalue weighted by molar-refractivity contribution is 7.90. The van der Waals surface area contributed by atoms with E-state index in [4.69, 9.17) is 9.47 Å². The van der Waals surface area contributed by atoms with Crippen LogP contribution in [0.15, 0.2) is 47.6 Å². The van der Waals surface area contributed by atoms with Crippen LogP contribution in [0.1, 0.15) is 11.1 Å². The van der Waals surface area contributed by atoms with Crippen molar-refractivity contribution < 1.29 is 23.1 Å². The van der Waals surface area contributed by atoms with E-state index in [1.807, 2.05) is 0 Å². The van der Waals surface area contributed by atoms with E-state index in [2.05, 4.69) is 9.88 Å². The topological polar surface area (TPSA) is 100 Å². The zero-order valence-corrected chi connectivity index (χ0v) is 14.4. The Morgan fingerprint density at radius 1 is 1.12 bits per heavy atom. The number of fused-ring (bicyclic) bond motifs is 1. The molecule has 0 amide bonds. The van der Waals surface area contributed by atoms with E-state index >= 15 is 0 Å². The summed E-state index contributed by atoms with van der Waals surface area (Å²) in [7, 11) is -0.769. The van der Waals surface area contributed by atoms with Crippen LogP contribution >= 0.6 is 0 Å². The van der Waals surface area contributed by atoms with Gasteiger partial charge in [0.15, 0.2) is 11.5 Å². The molecule has 0 saturated carbocycles. The first-order chi connectivity index (χ1) is 11.9. The third kappa shape index (κ3) is 3.52. The molecule has 1 heterocycles. The van der Waals surface area contributed by atoms with E-state index in [1.54, 1.807) is 42.5 Å². The molecule has 0 atom stereocenters. The molecule has 0 unspecified atom stereocenters. The molecule has 132 valence electrons. The van der Waals surface area contributed by atoms with Gasteiger partial charge in [0.1, 0.15) is 5.71 Å². The minimum Gasteiger partial charge on any atom is -0.454 e. The van der Waals surface area contributed by atoms with Crippen LogP contribution in [0.3, 0.4) is 0 Å². The van der Waals surface area contributed by atoms with Crippen LogP contribution in [0.5, 0.6) is 11.5 Å². The highest BCUT2D eigenvalue weighted by Crippen LogP contribution is 2.33. The van der Waals surface area contributed by atoms with Gasteiger partial charge < -0.3 is 14.7 Å². The van der Waals surface area contributed by atoms with Gasteiger partial charge in [-0.15, -0.1) is 0 Å². The summed E-state index contributed by atoms with van der Waals surface area (Å²) in [6.07, 6.45) is 0. The minimum absolute atomic E-state index is 0.145. The van der Waals surface area contributed by atoms with Gasteiger partial charge >= 0.3 is 10.2 Å². The van der Waals surface area contributed by atoms with Crippen LogP contribution < -0.4 is 14.2 Å². The molecule has 0 radical (unpaired) electrons. The van der Waals surface area contributed by atoms with E-state index in [0.717, 1.165) is 4.31 Å². The number of benzene rings is 2. The summed E-state index contributed by atoms with van der Waals surface area (Å²) < 4.78 is 38.0. The summed E-state index contributed by atoms with van der Waals surface area (Å²) in [6.45, 7) is 0.145. The van der Waals surface area contributed by atoms with Crippen molar-refractivity contribution in [2.45, 2.75) is 0 Å². The molecule has 2 aromatic carbocycles. The lowest BCUT2D eigenvalue weighted by molar-refractivity contribution is 0.174. The zero-order chi connectivity index (χ0) is 18.0. The van der Waals surface area contributed by atoms with Gasteiger partial charge in [-0.2, -0.15) is 12.7 Å². The maximum atomic E-state index is 12.0. The van der Waals surface area contributed by atoms with Crippen LogP contribution in [0.4, 0.5) is 5.69 Å². The third-order valence-electron chi connectivity index (χ3n) is 3.61. The molecule has 0 spiro atoms. The van der Waals surface area contributed by atoms with E-state index in [-0.39, 0.29) is 12.5 Å². The monoisotopic (exact) mass is 363 g/mol. The lowest BCUT2D eigenvalue weighted by Gasteiger charge is -2.14. The number of anilines is 1. The van der Waals surface area contributed by atoms with E-state index in [9.17, 15) is 13.6 Å². The first kappa shape index (κ1) is 17.1. The van der Waals surface area contributed by atoms with Gasteiger partial charge in [-0.05, 0) is 30.3 Å². The molecule has 3 rings (SSSR count). The number of oxime groups is 1. The summed E-state index contributed by atoms with van der Waals surface area (Å²) >= 11 is 0. The van der Waals surface area contributed by atoms with Crippen LogP contribution in [0, 0.1) is 0 Å². The minimum atomic E-state index is -3.63. The Labute approximate surface area is 145 Å². The predicted octanol–water partition coefficient (Wildman–Crippen LogP) is 1.86. The lowest BCUT2D eigenvalue weighted by atomic mass is 10.0. The Morgan fingerprint density at radius 3 is 2.56 bits per heavy atom. The molecule has 0 fully saturated rings. The molecule has 0 saturated heterocycles. The Hall–Kier alpha value is -2.78. The average molecular weight is 363 g/mol. The molecule has 0 aliphatic carbocycles. The van der Waals surface area contributed by atoms with Crippen molar-refractivity contribution in [2.75, 3.05) is 25.6 Å². The number of ether oxygens (including phenoxy) is 2. The standard InChI is InChI=1S/C16H17N3O5S/c1-19(2)25(21,22)18-13-5-3-4-11(8-13)16(17-20)12-6-7-14-15(9-12)24-10-23-14/h3-9,18,20H,10H2,1-2H3/b17-16-. The molecule has 2 N–H and O–H groups in total. The first-order valence-corrected chi connectivity index (χ1v) is 8.77. The molecular formula is C16H17N3O5S. The Morgan fingerprint density at radius 2 is 1.84 bits per heavy atom. The van der Waals surface area contributed by atoms with Crippen molar-refractivity contribution in [2.24, 2.45) is 5.16 Å². The Kier molecular flexibility index (Phi) is 4.51. The summed E-state index contributed by atoms with van der Waals surface area (Å²) in [6, 6.07) is 11.7. The normalized spacial score (nSPS) is 14.0. The van der Waals surface area contributed by atoms with Crippen LogP contribution in [0.2, 0.25) is 0 Å². The quantitative estimate of drug-likeness (QED) is 0.480.